The van der Waals surface area contributed by atoms with Crippen molar-refractivity contribution in [2.45, 2.75) is 52.5 Å². The summed E-state index contributed by atoms with van der Waals surface area (Å²) in [5, 5.41) is 5.64. The second-order valence-corrected chi connectivity index (χ2v) is 8.43. The van der Waals surface area contributed by atoms with Crippen LogP contribution in [0.5, 0.6) is 0 Å². The summed E-state index contributed by atoms with van der Waals surface area (Å²) >= 11 is 1.72. The van der Waals surface area contributed by atoms with Gasteiger partial charge in [0.25, 0.3) is 0 Å². The molecular formula is C17H27N3S. The van der Waals surface area contributed by atoms with Crippen LogP contribution in [0.15, 0.2) is 17.8 Å². The summed E-state index contributed by atoms with van der Waals surface area (Å²) in [5.74, 6) is 1.54. The van der Waals surface area contributed by atoms with Crippen LogP contribution in [0.1, 0.15) is 45.7 Å². The summed E-state index contributed by atoms with van der Waals surface area (Å²) < 4.78 is 2.15. The average Bonchev–Trinajstić information content (AvgIpc) is 2.98. The zero-order valence-corrected chi connectivity index (χ0v) is 14.4. The summed E-state index contributed by atoms with van der Waals surface area (Å²) in [6.07, 6.45) is 9.38. The molecule has 1 fully saturated rings. The monoisotopic (exact) mass is 305 g/mol. The Bertz CT molecular complexity index is 564. The van der Waals surface area contributed by atoms with Crippen LogP contribution < -0.4 is 5.32 Å². The van der Waals surface area contributed by atoms with E-state index in [0.29, 0.717) is 17.4 Å². The number of imidazole rings is 1. The standard InChI is InChI=1S/C17H27N3S/c1-17(2,3)13-5-6-15(18-4)12(9-13)10-14-11-20-7-8-21-16(20)19-14/h7-8,11-13,15,18H,5-6,9-10H2,1-4H3. The van der Waals surface area contributed by atoms with E-state index < -0.39 is 0 Å². The number of aromatic nitrogens is 2. The molecular weight excluding hydrogens is 278 g/mol. The summed E-state index contributed by atoms with van der Waals surface area (Å²) in [6, 6.07) is 0.642. The molecule has 0 aromatic carbocycles. The molecule has 1 saturated carbocycles. The molecule has 2 aromatic heterocycles. The summed E-state index contributed by atoms with van der Waals surface area (Å²) in [4.78, 5) is 5.90. The molecule has 0 aliphatic heterocycles. The first-order chi connectivity index (χ1) is 9.97. The van der Waals surface area contributed by atoms with Gasteiger partial charge in [-0.3, -0.25) is 4.40 Å². The topological polar surface area (TPSA) is 29.3 Å². The highest BCUT2D eigenvalue weighted by molar-refractivity contribution is 7.15. The first-order valence-electron chi connectivity index (χ1n) is 8.05. The normalized spacial score (nSPS) is 27.3. The van der Waals surface area contributed by atoms with Crippen molar-refractivity contribution >= 4 is 16.3 Å². The molecule has 116 valence electrons. The Labute approximate surface area is 131 Å². The smallest absolute Gasteiger partial charge is 0.193 e. The summed E-state index contributed by atoms with van der Waals surface area (Å²) in [5.41, 5.74) is 1.67. The van der Waals surface area contributed by atoms with Crippen molar-refractivity contribution in [1.82, 2.24) is 14.7 Å². The van der Waals surface area contributed by atoms with Crippen LogP contribution in [0.2, 0.25) is 0 Å². The molecule has 2 heterocycles. The second kappa shape index (κ2) is 5.73. The Morgan fingerprint density at radius 2 is 2.19 bits per heavy atom. The molecule has 3 unspecified atom stereocenters. The quantitative estimate of drug-likeness (QED) is 0.929. The van der Waals surface area contributed by atoms with Crippen LogP contribution in [0, 0.1) is 17.3 Å². The zero-order chi connectivity index (χ0) is 15.0. The van der Waals surface area contributed by atoms with E-state index in [1.165, 1.54) is 25.0 Å². The largest absolute Gasteiger partial charge is 0.317 e. The SMILES string of the molecule is CNC1CCC(C(C)(C)C)CC1Cc1cn2ccsc2n1. The molecule has 1 aliphatic rings. The van der Waals surface area contributed by atoms with Gasteiger partial charge >= 0.3 is 0 Å². The van der Waals surface area contributed by atoms with Crippen LogP contribution in [0.3, 0.4) is 0 Å². The highest BCUT2D eigenvalue weighted by atomic mass is 32.1. The van der Waals surface area contributed by atoms with Gasteiger partial charge in [0.1, 0.15) is 0 Å². The highest BCUT2D eigenvalue weighted by Crippen LogP contribution is 2.41. The fourth-order valence-corrected chi connectivity index (χ4v) is 4.52. The van der Waals surface area contributed by atoms with Gasteiger partial charge in [-0.15, -0.1) is 11.3 Å². The van der Waals surface area contributed by atoms with Crippen LogP contribution in [0.25, 0.3) is 4.96 Å². The Morgan fingerprint density at radius 3 is 2.86 bits per heavy atom. The van der Waals surface area contributed by atoms with E-state index in [4.69, 9.17) is 4.98 Å². The first kappa shape index (κ1) is 15.0. The van der Waals surface area contributed by atoms with Crippen LogP contribution in [-0.2, 0) is 6.42 Å². The number of nitrogens with zero attached hydrogens (tertiary/aromatic N) is 2. The van der Waals surface area contributed by atoms with E-state index >= 15 is 0 Å². The molecule has 2 aromatic rings. The van der Waals surface area contributed by atoms with Gasteiger partial charge in [-0.25, -0.2) is 4.98 Å². The van der Waals surface area contributed by atoms with E-state index in [1.54, 1.807) is 11.3 Å². The predicted octanol–water partition coefficient (Wildman–Crippen LogP) is 3.99. The third kappa shape index (κ3) is 3.16. The highest BCUT2D eigenvalue weighted by Gasteiger charge is 2.35. The van der Waals surface area contributed by atoms with Crippen LogP contribution in [0.4, 0.5) is 0 Å². The summed E-state index contributed by atoms with van der Waals surface area (Å²) in [6.45, 7) is 7.17. The lowest BCUT2D eigenvalue weighted by Crippen LogP contribution is -2.42. The van der Waals surface area contributed by atoms with Crippen molar-refractivity contribution in [3.63, 3.8) is 0 Å². The number of hydrogen-bond donors (Lipinski definition) is 1. The lowest BCUT2D eigenvalue weighted by atomic mass is 9.66. The molecule has 0 amide bonds. The number of thiazole rings is 1. The van der Waals surface area contributed by atoms with Crippen molar-refractivity contribution in [2.75, 3.05) is 7.05 Å². The maximum Gasteiger partial charge on any atom is 0.193 e. The molecule has 0 spiro atoms. The first-order valence-corrected chi connectivity index (χ1v) is 8.93. The molecule has 21 heavy (non-hydrogen) atoms. The van der Waals surface area contributed by atoms with Gasteiger partial charge in [-0.1, -0.05) is 20.8 Å². The molecule has 3 rings (SSSR count). The average molecular weight is 305 g/mol. The Kier molecular flexibility index (Phi) is 4.10. The maximum atomic E-state index is 4.78. The van der Waals surface area contributed by atoms with Gasteiger partial charge in [0, 0.05) is 23.8 Å². The molecule has 4 heteroatoms. The van der Waals surface area contributed by atoms with Crippen LogP contribution >= 0.6 is 11.3 Å². The summed E-state index contributed by atoms with van der Waals surface area (Å²) in [7, 11) is 2.11. The minimum atomic E-state index is 0.422. The van der Waals surface area contributed by atoms with Gasteiger partial charge in [0.15, 0.2) is 4.96 Å². The number of nitrogens with one attached hydrogen (secondary N) is 1. The van der Waals surface area contributed by atoms with E-state index in [9.17, 15) is 0 Å². The number of rotatable bonds is 3. The van der Waals surface area contributed by atoms with Gasteiger partial charge < -0.3 is 5.32 Å². The Morgan fingerprint density at radius 1 is 1.38 bits per heavy atom. The van der Waals surface area contributed by atoms with Crippen molar-refractivity contribution in [3.8, 4) is 0 Å². The van der Waals surface area contributed by atoms with E-state index in [1.807, 2.05) is 0 Å². The third-order valence-electron chi connectivity index (χ3n) is 5.19. The van der Waals surface area contributed by atoms with Crippen molar-refractivity contribution in [1.29, 1.82) is 0 Å². The lowest BCUT2D eigenvalue weighted by molar-refractivity contribution is 0.116. The maximum absolute atomic E-state index is 4.78. The fourth-order valence-electron chi connectivity index (χ4n) is 3.80. The number of fused-ring (bicyclic) bond motifs is 1. The van der Waals surface area contributed by atoms with Crippen molar-refractivity contribution < 1.29 is 0 Å². The molecule has 0 bridgehead atoms. The lowest BCUT2D eigenvalue weighted by Gasteiger charge is -2.41. The molecule has 3 nitrogen and oxygen atoms in total. The zero-order valence-electron chi connectivity index (χ0n) is 13.6. The van der Waals surface area contributed by atoms with E-state index in [0.717, 1.165) is 17.3 Å². The molecule has 0 radical (unpaired) electrons. The molecule has 3 atom stereocenters. The molecule has 1 aliphatic carbocycles. The van der Waals surface area contributed by atoms with Crippen molar-refractivity contribution in [3.05, 3.63) is 23.5 Å². The predicted molar refractivity (Wildman–Crippen MR) is 89.9 cm³/mol. The minimum absolute atomic E-state index is 0.422. The Balaban J connectivity index is 1.75. The fraction of sp³-hybridized carbons (Fsp3) is 0.706. The van der Waals surface area contributed by atoms with Gasteiger partial charge in [0.05, 0.1) is 5.69 Å². The molecule has 1 N–H and O–H groups in total. The minimum Gasteiger partial charge on any atom is -0.317 e. The van der Waals surface area contributed by atoms with Crippen molar-refractivity contribution in [2.24, 2.45) is 17.3 Å². The van der Waals surface area contributed by atoms with Crippen LogP contribution in [-0.4, -0.2) is 22.5 Å². The van der Waals surface area contributed by atoms with Gasteiger partial charge in [-0.05, 0) is 50.0 Å². The van der Waals surface area contributed by atoms with E-state index in [2.05, 4.69) is 55.3 Å². The third-order valence-corrected chi connectivity index (χ3v) is 5.96. The van der Waals surface area contributed by atoms with Gasteiger partial charge in [0.2, 0.25) is 0 Å². The second-order valence-electron chi connectivity index (χ2n) is 7.56. The molecule has 0 saturated heterocycles. The number of hydrogen-bond acceptors (Lipinski definition) is 3. The van der Waals surface area contributed by atoms with Gasteiger partial charge in [-0.2, -0.15) is 0 Å². The van der Waals surface area contributed by atoms with E-state index in [-0.39, 0.29) is 0 Å². The Hall–Kier alpha value is -0.870.